The molecule has 0 saturated heterocycles. The Hall–Kier alpha value is -2.16. The van der Waals surface area contributed by atoms with Gasteiger partial charge < -0.3 is 0 Å². The third kappa shape index (κ3) is 3.79. The van der Waals surface area contributed by atoms with Crippen LogP contribution in [-0.2, 0) is 16.2 Å². The van der Waals surface area contributed by atoms with Gasteiger partial charge in [-0.3, -0.25) is 4.72 Å². The highest BCUT2D eigenvalue weighted by atomic mass is 32.2. The van der Waals surface area contributed by atoms with Gasteiger partial charge in [-0.1, -0.05) is 6.07 Å². The van der Waals surface area contributed by atoms with E-state index in [2.05, 4.69) is 0 Å². The van der Waals surface area contributed by atoms with Gasteiger partial charge in [-0.05, 0) is 42.8 Å². The average Bonchev–Trinajstić information content (AvgIpc) is 2.41. The predicted octanol–water partition coefficient (Wildman–Crippen LogP) is 4.09. The zero-order chi connectivity index (χ0) is 17.4. The lowest BCUT2D eigenvalue weighted by atomic mass is 10.2. The molecule has 0 bridgehead atoms. The van der Waals surface area contributed by atoms with E-state index in [1.165, 1.54) is 12.1 Å². The summed E-state index contributed by atoms with van der Waals surface area (Å²) < 4.78 is 90.7. The Morgan fingerprint density at radius 1 is 0.957 bits per heavy atom. The summed E-state index contributed by atoms with van der Waals surface area (Å²) in [7, 11) is -4.51. The van der Waals surface area contributed by atoms with E-state index in [-0.39, 0.29) is 6.07 Å². The molecule has 0 heterocycles. The average molecular weight is 351 g/mol. The fourth-order valence-corrected chi connectivity index (χ4v) is 2.89. The third-order valence-electron chi connectivity index (χ3n) is 2.92. The Balaban J connectivity index is 2.46. The Labute approximate surface area is 128 Å². The van der Waals surface area contributed by atoms with E-state index in [1.807, 2.05) is 4.72 Å². The molecule has 2 aromatic carbocycles. The van der Waals surface area contributed by atoms with Gasteiger partial charge in [0.05, 0.1) is 16.1 Å². The summed E-state index contributed by atoms with van der Waals surface area (Å²) in [6, 6.07) is 4.81. The third-order valence-corrected chi connectivity index (χ3v) is 4.28. The van der Waals surface area contributed by atoms with Crippen LogP contribution in [0, 0.1) is 18.6 Å². The molecule has 2 aromatic rings. The first-order valence-electron chi connectivity index (χ1n) is 6.16. The highest BCUT2D eigenvalue weighted by molar-refractivity contribution is 7.92. The topological polar surface area (TPSA) is 46.2 Å². The van der Waals surface area contributed by atoms with Crippen LogP contribution >= 0.6 is 0 Å². The van der Waals surface area contributed by atoms with E-state index >= 15 is 0 Å². The van der Waals surface area contributed by atoms with Gasteiger partial charge in [-0.15, -0.1) is 0 Å². The molecule has 0 aromatic heterocycles. The van der Waals surface area contributed by atoms with E-state index in [9.17, 15) is 30.4 Å². The monoisotopic (exact) mass is 351 g/mol. The summed E-state index contributed by atoms with van der Waals surface area (Å²) in [4.78, 5) is -0.827. The van der Waals surface area contributed by atoms with Crippen LogP contribution in [0.2, 0.25) is 0 Å². The van der Waals surface area contributed by atoms with Crippen LogP contribution in [0.3, 0.4) is 0 Å². The zero-order valence-electron chi connectivity index (χ0n) is 11.6. The van der Waals surface area contributed by atoms with Crippen molar-refractivity contribution in [2.24, 2.45) is 0 Å². The molecule has 0 amide bonds. The molecule has 3 nitrogen and oxygen atoms in total. The van der Waals surface area contributed by atoms with E-state index in [0.717, 1.165) is 6.07 Å². The van der Waals surface area contributed by atoms with Crippen molar-refractivity contribution < 1.29 is 30.4 Å². The molecule has 23 heavy (non-hydrogen) atoms. The van der Waals surface area contributed by atoms with E-state index < -0.39 is 44.0 Å². The molecule has 2 rings (SSSR count). The van der Waals surface area contributed by atoms with Gasteiger partial charge in [0, 0.05) is 0 Å². The molecule has 0 spiro atoms. The summed E-state index contributed by atoms with van der Waals surface area (Å²) in [5, 5.41) is 0. The maximum Gasteiger partial charge on any atom is 0.419 e. The standard InChI is InChI=1S/C14H10F5NO2S/c1-8-2-4-12(16)13(6-8)20-23(21,22)9-3-5-11(15)10(7-9)14(17,18)19/h2-7,20H,1H3. The number of alkyl halides is 3. The van der Waals surface area contributed by atoms with Crippen LogP contribution < -0.4 is 4.72 Å². The molecule has 0 aliphatic heterocycles. The van der Waals surface area contributed by atoms with Crippen molar-refractivity contribution in [2.45, 2.75) is 18.0 Å². The SMILES string of the molecule is Cc1ccc(F)c(NS(=O)(=O)c2ccc(F)c(C(F)(F)F)c2)c1. The van der Waals surface area contributed by atoms with Crippen LogP contribution in [-0.4, -0.2) is 8.42 Å². The minimum atomic E-state index is -5.05. The van der Waals surface area contributed by atoms with Gasteiger partial charge >= 0.3 is 6.18 Å². The Kier molecular flexibility index (Phi) is 4.34. The fraction of sp³-hybridized carbons (Fsp3) is 0.143. The number of aryl methyl sites for hydroxylation is 1. The van der Waals surface area contributed by atoms with Crippen molar-refractivity contribution in [2.75, 3.05) is 4.72 Å². The molecule has 0 unspecified atom stereocenters. The number of sulfonamides is 1. The number of rotatable bonds is 3. The van der Waals surface area contributed by atoms with E-state index in [0.29, 0.717) is 17.7 Å². The zero-order valence-corrected chi connectivity index (χ0v) is 12.4. The molecule has 124 valence electrons. The summed E-state index contributed by atoms with van der Waals surface area (Å²) in [6.45, 7) is 1.58. The van der Waals surface area contributed by atoms with Gasteiger partial charge in [0.2, 0.25) is 0 Å². The number of halogens is 5. The maximum absolute atomic E-state index is 13.6. The number of hydrogen-bond acceptors (Lipinski definition) is 2. The van der Waals surface area contributed by atoms with Crippen LogP contribution in [0.15, 0.2) is 41.3 Å². The van der Waals surface area contributed by atoms with Gasteiger partial charge in [0.1, 0.15) is 11.6 Å². The summed E-state index contributed by atoms with van der Waals surface area (Å²) in [5.41, 5.74) is -1.59. The molecule has 0 atom stereocenters. The Bertz CT molecular complexity index is 847. The van der Waals surface area contributed by atoms with Gasteiger partial charge in [-0.25, -0.2) is 17.2 Å². The molecule has 0 aliphatic rings. The normalized spacial score (nSPS) is 12.3. The first-order valence-corrected chi connectivity index (χ1v) is 7.65. The lowest BCUT2D eigenvalue weighted by molar-refractivity contribution is -0.140. The quantitative estimate of drug-likeness (QED) is 0.847. The number of hydrogen-bond donors (Lipinski definition) is 1. The van der Waals surface area contributed by atoms with Gasteiger partial charge in [0.25, 0.3) is 10.0 Å². The smallest absolute Gasteiger partial charge is 0.277 e. The highest BCUT2D eigenvalue weighted by Crippen LogP contribution is 2.33. The van der Waals surface area contributed by atoms with Crippen molar-refractivity contribution in [3.63, 3.8) is 0 Å². The molecule has 0 radical (unpaired) electrons. The molecule has 1 N–H and O–H groups in total. The predicted molar refractivity (Wildman–Crippen MR) is 73.3 cm³/mol. The van der Waals surface area contributed by atoms with Crippen molar-refractivity contribution in [3.8, 4) is 0 Å². The van der Waals surface area contributed by atoms with E-state index in [1.54, 1.807) is 6.92 Å². The minimum absolute atomic E-state index is 0.158. The maximum atomic E-state index is 13.6. The second-order valence-electron chi connectivity index (χ2n) is 4.73. The van der Waals surface area contributed by atoms with Crippen molar-refractivity contribution in [1.82, 2.24) is 0 Å². The van der Waals surface area contributed by atoms with Crippen LogP contribution in [0.4, 0.5) is 27.6 Å². The van der Waals surface area contributed by atoms with Crippen molar-refractivity contribution in [3.05, 3.63) is 59.2 Å². The molecule has 0 aliphatic carbocycles. The second kappa shape index (κ2) is 5.80. The van der Waals surface area contributed by atoms with Crippen molar-refractivity contribution >= 4 is 15.7 Å². The summed E-state index contributed by atoms with van der Waals surface area (Å²) in [6.07, 6.45) is -5.05. The lowest BCUT2D eigenvalue weighted by Gasteiger charge is -2.12. The molecule has 9 heteroatoms. The van der Waals surface area contributed by atoms with Crippen molar-refractivity contribution in [1.29, 1.82) is 0 Å². The van der Waals surface area contributed by atoms with Gasteiger partial charge in [-0.2, -0.15) is 13.2 Å². The molecular weight excluding hydrogens is 341 g/mol. The molecular formula is C14H10F5NO2S. The molecule has 0 saturated carbocycles. The fourth-order valence-electron chi connectivity index (χ4n) is 1.81. The van der Waals surface area contributed by atoms with Crippen LogP contribution in [0.25, 0.3) is 0 Å². The van der Waals surface area contributed by atoms with Gasteiger partial charge in [0.15, 0.2) is 0 Å². The van der Waals surface area contributed by atoms with Crippen LogP contribution in [0.1, 0.15) is 11.1 Å². The highest BCUT2D eigenvalue weighted by Gasteiger charge is 2.35. The summed E-state index contributed by atoms with van der Waals surface area (Å²) in [5.74, 6) is -2.49. The van der Waals surface area contributed by atoms with Crippen LogP contribution in [0.5, 0.6) is 0 Å². The molecule has 0 fully saturated rings. The minimum Gasteiger partial charge on any atom is -0.277 e. The summed E-state index contributed by atoms with van der Waals surface area (Å²) >= 11 is 0. The number of nitrogens with one attached hydrogen (secondary N) is 1. The first kappa shape index (κ1) is 17.2. The number of anilines is 1. The largest absolute Gasteiger partial charge is 0.419 e. The Morgan fingerprint density at radius 2 is 1.57 bits per heavy atom. The van der Waals surface area contributed by atoms with E-state index in [4.69, 9.17) is 0 Å². The first-order chi connectivity index (χ1) is 10.5. The Morgan fingerprint density at radius 3 is 2.17 bits per heavy atom. The lowest BCUT2D eigenvalue weighted by Crippen LogP contribution is -2.16. The number of benzene rings is 2. The second-order valence-corrected chi connectivity index (χ2v) is 6.41.